The molecule has 8 heteroatoms. The molecule has 2 rings (SSSR count). The molecule has 0 unspecified atom stereocenters. The number of nitrogens with zero attached hydrogens (tertiary/aromatic N) is 1. The number of hydrogen-bond donors (Lipinski definition) is 1. The summed E-state index contributed by atoms with van der Waals surface area (Å²) in [7, 11) is 0. The summed E-state index contributed by atoms with van der Waals surface area (Å²) in [4.78, 5) is 24.6. The zero-order valence-electron chi connectivity index (χ0n) is 11.4. The number of carbonyl (C=O) groups excluding carboxylic acids is 2. The second kappa shape index (κ2) is 5.16. The first-order chi connectivity index (χ1) is 9.24. The zero-order chi connectivity index (χ0) is 15.0. The molecule has 1 N–H and O–H groups in total. The first-order valence-corrected chi connectivity index (χ1v) is 6.47. The van der Waals surface area contributed by atoms with Gasteiger partial charge in [-0.2, -0.15) is 0 Å². The molecule has 6 nitrogen and oxygen atoms in total. The summed E-state index contributed by atoms with van der Waals surface area (Å²) in [6.45, 7) is 3.04. The van der Waals surface area contributed by atoms with Crippen molar-refractivity contribution >= 4 is 12.0 Å². The lowest BCUT2D eigenvalue weighted by atomic mass is 10.0. The van der Waals surface area contributed by atoms with Gasteiger partial charge in [0.25, 0.3) is 12.3 Å². The number of carbonyl (C=O) groups is 2. The lowest BCUT2D eigenvalue weighted by molar-refractivity contribution is -0.138. The molecular weight excluding hydrogens is 274 g/mol. The van der Waals surface area contributed by atoms with Gasteiger partial charge >= 0.3 is 6.09 Å². The van der Waals surface area contributed by atoms with E-state index in [4.69, 9.17) is 4.74 Å². The van der Waals surface area contributed by atoms with Crippen LogP contribution in [0, 0.1) is 0 Å². The smallest absolute Gasteiger partial charge is 0.409 e. The topological polar surface area (TPSA) is 67.9 Å². The quantitative estimate of drug-likeness (QED) is 0.827. The molecule has 1 spiro atoms. The maximum atomic E-state index is 12.0. The predicted molar refractivity (Wildman–Crippen MR) is 64.2 cm³/mol. The molecule has 0 atom stereocenters. The number of hydrogen-bond acceptors (Lipinski definition) is 4. The number of amides is 2. The van der Waals surface area contributed by atoms with E-state index in [1.54, 1.807) is 13.8 Å². The fraction of sp³-hybridized carbons (Fsp3) is 0.833. The lowest BCUT2D eigenvalue weighted by Gasteiger charge is -2.38. The van der Waals surface area contributed by atoms with Gasteiger partial charge in [-0.05, 0) is 13.8 Å². The second-order valence-electron chi connectivity index (χ2n) is 5.52. The molecule has 0 aromatic rings. The van der Waals surface area contributed by atoms with E-state index in [0.717, 1.165) is 0 Å². The van der Waals surface area contributed by atoms with Crippen molar-refractivity contribution in [3.8, 4) is 0 Å². The van der Waals surface area contributed by atoms with E-state index in [0.29, 0.717) is 25.9 Å². The summed E-state index contributed by atoms with van der Waals surface area (Å²) in [6, 6.07) is 0. The third-order valence-corrected chi connectivity index (χ3v) is 3.50. The van der Waals surface area contributed by atoms with Crippen molar-refractivity contribution in [2.75, 3.05) is 19.7 Å². The van der Waals surface area contributed by atoms with E-state index >= 15 is 0 Å². The summed E-state index contributed by atoms with van der Waals surface area (Å²) in [5, 5.41) is 2.81. The number of nitrogens with one attached hydrogen (secondary N) is 1. The van der Waals surface area contributed by atoms with Gasteiger partial charge in [-0.1, -0.05) is 0 Å². The molecule has 2 aliphatic rings. The van der Waals surface area contributed by atoms with E-state index in [9.17, 15) is 18.4 Å². The minimum absolute atomic E-state index is 0.189. The van der Waals surface area contributed by atoms with Crippen molar-refractivity contribution in [1.82, 2.24) is 10.2 Å². The number of likely N-dealkylation sites (tertiary alicyclic amines) is 1. The lowest BCUT2D eigenvalue weighted by Crippen LogP contribution is -2.53. The Morgan fingerprint density at radius 2 is 2.05 bits per heavy atom. The summed E-state index contributed by atoms with van der Waals surface area (Å²) in [5.41, 5.74) is -1.65. The van der Waals surface area contributed by atoms with Crippen LogP contribution in [0.3, 0.4) is 0 Å². The van der Waals surface area contributed by atoms with Crippen LogP contribution in [-0.2, 0) is 14.3 Å². The molecule has 2 heterocycles. The van der Waals surface area contributed by atoms with Crippen molar-refractivity contribution < 1.29 is 27.8 Å². The third kappa shape index (κ3) is 3.00. The number of piperidine rings is 1. The van der Waals surface area contributed by atoms with Gasteiger partial charge in [-0.3, -0.25) is 4.79 Å². The number of halogens is 2. The minimum atomic E-state index is -2.67. The van der Waals surface area contributed by atoms with Gasteiger partial charge in [-0.25, -0.2) is 13.6 Å². The third-order valence-electron chi connectivity index (χ3n) is 3.50. The highest BCUT2D eigenvalue weighted by Gasteiger charge is 2.51. The molecule has 2 aliphatic heterocycles. The standard InChI is InChI=1S/C12H18F2N2O4/c1-11(2)9(17)15-12(20-11)3-5-16(6-4-12)10(18)19-7-8(13)14/h8H,3-7H2,1-2H3,(H,15,17). The normalized spacial score (nSPS) is 24.1. The van der Waals surface area contributed by atoms with Crippen molar-refractivity contribution in [1.29, 1.82) is 0 Å². The van der Waals surface area contributed by atoms with E-state index in [-0.39, 0.29) is 5.91 Å². The van der Waals surface area contributed by atoms with Crippen LogP contribution in [0.1, 0.15) is 26.7 Å². The Hall–Kier alpha value is -1.44. The molecule has 0 radical (unpaired) electrons. The largest absolute Gasteiger partial charge is 0.443 e. The van der Waals surface area contributed by atoms with Crippen molar-refractivity contribution in [3.05, 3.63) is 0 Å². The van der Waals surface area contributed by atoms with Crippen molar-refractivity contribution in [2.24, 2.45) is 0 Å². The van der Waals surface area contributed by atoms with Crippen LogP contribution in [0.25, 0.3) is 0 Å². The average molecular weight is 292 g/mol. The van der Waals surface area contributed by atoms with Gasteiger partial charge in [0.2, 0.25) is 0 Å². The fourth-order valence-corrected chi connectivity index (χ4v) is 2.42. The summed E-state index contributed by atoms with van der Waals surface area (Å²) < 4.78 is 34.2. The monoisotopic (exact) mass is 292 g/mol. The molecule has 0 aromatic heterocycles. The fourth-order valence-electron chi connectivity index (χ4n) is 2.42. The Morgan fingerprint density at radius 1 is 1.45 bits per heavy atom. The van der Waals surface area contributed by atoms with Crippen LogP contribution in [0.5, 0.6) is 0 Å². The van der Waals surface area contributed by atoms with E-state index < -0.39 is 30.5 Å². The SMILES string of the molecule is CC1(C)OC2(CCN(C(=O)OCC(F)F)CC2)NC1=O. The van der Waals surface area contributed by atoms with Gasteiger partial charge in [-0.15, -0.1) is 0 Å². The second-order valence-corrected chi connectivity index (χ2v) is 5.52. The molecular formula is C12H18F2N2O4. The van der Waals surface area contributed by atoms with Crippen LogP contribution in [0.15, 0.2) is 0 Å². The summed E-state index contributed by atoms with van der Waals surface area (Å²) in [6.07, 6.45) is -2.62. The molecule has 114 valence electrons. The molecule has 0 aliphatic carbocycles. The molecule has 2 saturated heterocycles. The maximum Gasteiger partial charge on any atom is 0.409 e. The minimum Gasteiger partial charge on any atom is -0.443 e. The van der Waals surface area contributed by atoms with Crippen molar-refractivity contribution in [2.45, 2.75) is 44.4 Å². The maximum absolute atomic E-state index is 12.0. The van der Waals surface area contributed by atoms with Crippen LogP contribution in [0.2, 0.25) is 0 Å². The highest BCUT2D eigenvalue weighted by molar-refractivity contribution is 5.86. The predicted octanol–water partition coefficient (Wildman–Crippen LogP) is 1.11. The van der Waals surface area contributed by atoms with Crippen LogP contribution in [0.4, 0.5) is 13.6 Å². The van der Waals surface area contributed by atoms with Gasteiger partial charge < -0.3 is 19.7 Å². The van der Waals surface area contributed by atoms with Gasteiger partial charge in [0, 0.05) is 25.9 Å². The Balaban J connectivity index is 1.87. The first-order valence-electron chi connectivity index (χ1n) is 6.47. The highest BCUT2D eigenvalue weighted by atomic mass is 19.3. The number of ether oxygens (including phenoxy) is 2. The zero-order valence-corrected chi connectivity index (χ0v) is 11.4. The Kier molecular flexibility index (Phi) is 3.86. The average Bonchev–Trinajstić information content (AvgIpc) is 2.57. The van der Waals surface area contributed by atoms with Crippen molar-refractivity contribution in [3.63, 3.8) is 0 Å². The molecule has 2 fully saturated rings. The first kappa shape index (κ1) is 15.0. The molecule has 20 heavy (non-hydrogen) atoms. The summed E-state index contributed by atoms with van der Waals surface area (Å²) in [5.74, 6) is -0.189. The Bertz CT molecular complexity index is 406. The molecule has 0 bridgehead atoms. The van der Waals surface area contributed by atoms with Crippen LogP contribution in [-0.4, -0.2) is 54.3 Å². The molecule has 0 saturated carbocycles. The van der Waals surface area contributed by atoms with E-state index in [1.807, 2.05) is 0 Å². The summed E-state index contributed by atoms with van der Waals surface area (Å²) >= 11 is 0. The van der Waals surface area contributed by atoms with E-state index in [1.165, 1.54) is 4.90 Å². The van der Waals surface area contributed by atoms with Gasteiger partial charge in [0.15, 0.2) is 6.61 Å². The molecule has 0 aromatic carbocycles. The Labute approximate surface area is 115 Å². The number of rotatable bonds is 2. The Morgan fingerprint density at radius 3 is 2.50 bits per heavy atom. The van der Waals surface area contributed by atoms with Gasteiger partial charge in [0.1, 0.15) is 11.3 Å². The van der Waals surface area contributed by atoms with Crippen LogP contribution < -0.4 is 5.32 Å². The molecule has 2 amide bonds. The van der Waals surface area contributed by atoms with E-state index in [2.05, 4.69) is 10.1 Å². The highest BCUT2D eigenvalue weighted by Crippen LogP contribution is 2.34. The van der Waals surface area contributed by atoms with Crippen LogP contribution >= 0.6 is 0 Å². The number of alkyl halides is 2. The van der Waals surface area contributed by atoms with Gasteiger partial charge in [0.05, 0.1) is 0 Å².